The Balaban J connectivity index is 2.16. The zero-order chi connectivity index (χ0) is 15.7. The number of carbonyl (C=O) groups is 1. The van der Waals surface area contributed by atoms with Crippen molar-refractivity contribution < 1.29 is 4.79 Å². The number of halogens is 1. The lowest BCUT2D eigenvalue weighted by molar-refractivity contribution is 0.0978. The second kappa shape index (κ2) is 6.07. The first-order valence-electron chi connectivity index (χ1n) is 7.41. The van der Waals surface area contributed by atoms with Crippen LogP contribution in [0.4, 0.5) is 0 Å². The van der Waals surface area contributed by atoms with Gasteiger partial charge in [-0.3, -0.25) is 4.79 Å². The molecule has 2 aromatic rings. The molecule has 1 aliphatic carbocycles. The molecule has 0 fully saturated rings. The van der Waals surface area contributed by atoms with Crippen molar-refractivity contribution in [3.63, 3.8) is 0 Å². The largest absolute Gasteiger partial charge is 0.324 e. The molecule has 0 saturated heterocycles. The molecule has 1 unspecified atom stereocenters. The summed E-state index contributed by atoms with van der Waals surface area (Å²) in [7, 11) is 0. The zero-order valence-corrected chi connectivity index (χ0v) is 13.2. The summed E-state index contributed by atoms with van der Waals surface area (Å²) in [5, 5.41) is 0.511. The van der Waals surface area contributed by atoms with Crippen LogP contribution in [0.25, 0.3) is 6.08 Å². The van der Waals surface area contributed by atoms with Gasteiger partial charge in [-0.25, -0.2) is 0 Å². The molecule has 22 heavy (non-hydrogen) atoms. The van der Waals surface area contributed by atoms with Crippen molar-refractivity contribution in [2.75, 3.05) is 0 Å². The van der Waals surface area contributed by atoms with Gasteiger partial charge in [0.25, 0.3) is 0 Å². The van der Waals surface area contributed by atoms with Crippen LogP contribution in [0.3, 0.4) is 0 Å². The highest BCUT2D eigenvalue weighted by Crippen LogP contribution is 2.37. The second-order valence-corrected chi connectivity index (χ2v) is 6.13. The Morgan fingerprint density at radius 1 is 1.14 bits per heavy atom. The quantitative estimate of drug-likeness (QED) is 0.891. The predicted octanol–water partition coefficient (Wildman–Crippen LogP) is 4.44. The minimum absolute atomic E-state index is 0.00262. The van der Waals surface area contributed by atoms with Gasteiger partial charge < -0.3 is 5.73 Å². The lowest BCUT2D eigenvalue weighted by atomic mass is 9.84. The van der Waals surface area contributed by atoms with Gasteiger partial charge in [-0.2, -0.15) is 0 Å². The highest BCUT2D eigenvalue weighted by atomic mass is 35.5. The summed E-state index contributed by atoms with van der Waals surface area (Å²) in [6.07, 6.45) is 2.43. The number of hydrogen-bond donors (Lipinski definition) is 1. The maximum absolute atomic E-state index is 12.7. The molecule has 3 rings (SSSR count). The number of benzene rings is 2. The van der Waals surface area contributed by atoms with Crippen LogP contribution in [0.1, 0.15) is 40.7 Å². The molecule has 2 atom stereocenters. The fraction of sp³-hybridized carbons (Fsp3) is 0.211. The number of nitrogens with two attached hydrogens (primary N) is 1. The van der Waals surface area contributed by atoms with Gasteiger partial charge >= 0.3 is 0 Å². The summed E-state index contributed by atoms with van der Waals surface area (Å²) in [6.45, 7) is 1.96. The van der Waals surface area contributed by atoms with E-state index in [1.807, 2.05) is 55.5 Å². The van der Waals surface area contributed by atoms with E-state index >= 15 is 0 Å². The van der Waals surface area contributed by atoms with E-state index in [1.54, 1.807) is 6.07 Å². The van der Waals surface area contributed by atoms with Crippen molar-refractivity contribution >= 4 is 23.5 Å². The number of fused-ring (bicyclic) bond motifs is 1. The van der Waals surface area contributed by atoms with Crippen molar-refractivity contribution in [1.29, 1.82) is 0 Å². The molecule has 0 aliphatic heterocycles. The summed E-state index contributed by atoms with van der Waals surface area (Å²) in [5.41, 5.74) is 9.85. The molecule has 112 valence electrons. The second-order valence-electron chi connectivity index (χ2n) is 5.73. The third-order valence-corrected chi connectivity index (χ3v) is 4.48. The van der Waals surface area contributed by atoms with Crippen molar-refractivity contribution in [3.8, 4) is 0 Å². The monoisotopic (exact) mass is 311 g/mol. The molecule has 0 bridgehead atoms. The lowest BCUT2D eigenvalue weighted by Gasteiger charge is -2.21. The molecule has 3 heteroatoms. The molecule has 2 N–H and O–H groups in total. The Hall–Kier alpha value is -1.90. The normalized spacial score (nSPS) is 19.1. The van der Waals surface area contributed by atoms with E-state index in [9.17, 15) is 4.79 Å². The van der Waals surface area contributed by atoms with Crippen LogP contribution in [-0.2, 0) is 0 Å². The summed E-state index contributed by atoms with van der Waals surface area (Å²) in [6, 6.07) is 15.5. The van der Waals surface area contributed by atoms with Gasteiger partial charge in [0.1, 0.15) is 0 Å². The van der Waals surface area contributed by atoms with E-state index in [2.05, 4.69) is 0 Å². The summed E-state index contributed by atoms with van der Waals surface area (Å²) in [4.78, 5) is 12.7. The van der Waals surface area contributed by atoms with Crippen LogP contribution in [0.15, 0.2) is 54.1 Å². The molecule has 0 spiro atoms. The standard InChI is InChI=1S/C19H18ClNO/c1-12(21)15-10-14-8-5-9-17(20)19(14)18(22)11-16(15)13-6-3-2-4-7-13/h2-10,12,16H,11,21H2,1H3/t12-,16?/m0/s1. The van der Waals surface area contributed by atoms with Gasteiger partial charge in [-0.15, -0.1) is 0 Å². The molecular formula is C19H18ClNO. The lowest BCUT2D eigenvalue weighted by Crippen LogP contribution is -2.23. The molecule has 2 aromatic carbocycles. The highest BCUT2D eigenvalue weighted by molar-refractivity contribution is 6.34. The molecule has 0 aromatic heterocycles. The number of rotatable bonds is 2. The fourth-order valence-electron chi connectivity index (χ4n) is 3.09. The van der Waals surface area contributed by atoms with E-state index < -0.39 is 0 Å². The molecule has 1 aliphatic rings. The molecule has 0 amide bonds. The predicted molar refractivity (Wildman–Crippen MR) is 91.2 cm³/mol. The Morgan fingerprint density at radius 3 is 2.55 bits per heavy atom. The van der Waals surface area contributed by atoms with Gasteiger partial charge in [-0.1, -0.05) is 60.1 Å². The average Bonchev–Trinajstić information content (AvgIpc) is 2.66. The van der Waals surface area contributed by atoms with E-state index in [1.165, 1.54) is 0 Å². The van der Waals surface area contributed by atoms with Gasteiger partial charge in [-0.05, 0) is 29.7 Å². The number of hydrogen-bond acceptors (Lipinski definition) is 2. The summed E-state index contributed by atoms with van der Waals surface area (Å²) < 4.78 is 0. The van der Waals surface area contributed by atoms with E-state index in [0.29, 0.717) is 17.0 Å². The van der Waals surface area contributed by atoms with Crippen molar-refractivity contribution in [1.82, 2.24) is 0 Å². The minimum Gasteiger partial charge on any atom is -0.324 e. The van der Waals surface area contributed by atoms with Crippen LogP contribution in [0, 0.1) is 0 Å². The summed E-state index contributed by atoms with van der Waals surface area (Å²) >= 11 is 6.25. The topological polar surface area (TPSA) is 43.1 Å². The fourth-order valence-corrected chi connectivity index (χ4v) is 3.37. The van der Waals surface area contributed by atoms with Crippen molar-refractivity contribution in [3.05, 3.63) is 75.8 Å². The van der Waals surface area contributed by atoms with Crippen LogP contribution in [0.5, 0.6) is 0 Å². The van der Waals surface area contributed by atoms with E-state index in [4.69, 9.17) is 17.3 Å². The number of Topliss-reactive ketones (excluding diaryl/α,β-unsaturated/α-hetero) is 1. The Bertz CT molecular complexity index is 734. The SMILES string of the molecule is C[C@H](N)C1=Cc2cccc(Cl)c2C(=O)CC1c1ccccc1. The maximum atomic E-state index is 12.7. The summed E-state index contributed by atoms with van der Waals surface area (Å²) in [5.74, 6) is 0.0681. The van der Waals surface area contributed by atoms with Crippen molar-refractivity contribution in [2.45, 2.75) is 25.3 Å². The number of carbonyl (C=O) groups excluding carboxylic acids is 1. The number of ketones is 1. The molecule has 0 radical (unpaired) electrons. The molecule has 2 nitrogen and oxygen atoms in total. The van der Waals surface area contributed by atoms with E-state index in [-0.39, 0.29) is 17.7 Å². The van der Waals surface area contributed by atoms with Crippen LogP contribution in [0.2, 0.25) is 5.02 Å². The third kappa shape index (κ3) is 2.72. The minimum atomic E-state index is -0.122. The van der Waals surface area contributed by atoms with Gasteiger partial charge in [0.2, 0.25) is 0 Å². The smallest absolute Gasteiger partial charge is 0.165 e. The Kier molecular flexibility index (Phi) is 4.14. The van der Waals surface area contributed by atoms with E-state index in [0.717, 1.165) is 16.7 Å². The van der Waals surface area contributed by atoms with Gasteiger partial charge in [0.05, 0.1) is 5.02 Å². The average molecular weight is 312 g/mol. The zero-order valence-electron chi connectivity index (χ0n) is 12.4. The van der Waals surface area contributed by atoms with Crippen LogP contribution in [-0.4, -0.2) is 11.8 Å². The molecular weight excluding hydrogens is 294 g/mol. The molecule has 0 heterocycles. The Morgan fingerprint density at radius 2 is 1.86 bits per heavy atom. The van der Waals surface area contributed by atoms with Crippen molar-refractivity contribution in [2.24, 2.45) is 5.73 Å². The Labute approximate surface area is 135 Å². The first-order valence-corrected chi connectivity index (χ1v) is 7.79. The third-order valence-electron chi connectivity index (χ3n) is 4.17. The molecule has 0 saturated carbocycles. The highest BCUT2D eigenvalue weighted by Gasteiger charge is 2.28. The van der Waals surface area contributed by atoms with Crippen LogP contribution >= 0.6 is 11.6 Å². The first kappa shape index (κ1) is 15.0. The maximum Gasteiger partial charge on any atom is 0.165 e. The first-order chi connectivity index (χ1) is 10.6. The van der Waals surface area contributed by atoms with Gasteiger partial charge in [0.15, 0.2) is 5.78 Å². The van der Waals surface area contributed by atoms with Gasteiger partial charge in [0, 0.05) is 23.9 Å². The van der Waals surface area contributed by atoms with Crippen LogP contribution < -0.4 is 5.73 Å².